The number of rotatable bonds is 4. The highest BCUT2D eigenvalue weighted by molar-refractivity contribution is 7.09. The molecule has 0 bridgehead atoms. The van der Waals surface area contributed by atoms with Gasteiger partial charge in [-0.15, -0.1) is 11.3 Å². The van der Waals surface area contributed by atoms with E-state index in [0.29, 0.717) is 5.82 Å². The second-order valence-corrected chi connectivity index (χ2v) is 5.06. The van der Waals surface area contributed by atoms with Crippen molar-refractivity contribution in [2.75, 3.05) is 10.7 Å². The van der Waals surface area contributed by atoms with Gasteiger partial charge in [0.1, 0.15) is 10.8 Å². The Kier molecular flexibility index (Phi) is 3.26. The van der Waals surface area contributed by atoms with E-state index in [-0.39, 0.29) is 5.54 Å². The van der Waals surface area contributed by atoms with Crippen LogP contribution in [0.4, 0.5) is 11.5 Å². The number of nitrogens with zero attached hydrogens (tertiary/aromatic N) is 2. The molecule has 0 aromatic carbocycles. The molecule has 0 fully saturated rings. The molecule has 2 rings (SSSR count). The molecule has 0 atom stereocenters. The van der Waals surface area contributed by atoms with Crippen LogP contribution in [0.25, 0.3) is 0 Å². The predicted octanol–water partition coefficient (Wildman–Crippen LogP) is 2.17. The molecule has 2 aromatic rings. The Morgan fingerprint density at radius 1 is 1.29 bits per heavy atom. The predicted molar refractivity (Wildman–Crippen MR) is 70.8 cm³/mol. The lowest BCUT2D eigenvalue weighted by molar-refractivity contribution is 0.604. The molecule has 5 nitrogen and oxygen atoms in total. The average molecular weight is 249 g/mol. The monoisotopic (exact) mass is 249 g/mol. The third-order valence-electron chi connectivity index (χ3n) is 2.33. The topological polar surface area (TPSA) is 75.9 Å². The lowest BCUT2D eigenvalue weighted by Gasteiger charge is -2.25. The zero-order chi connectivity index (χ0) is 12.3. The van der Waals surface area contributed by atoms with E-state index in [1.54, 1.807) is 17.5 Å². The summed E-state index contributed by atoms with van der Waals surface area (Å²) >= 11 is 1.63. The van der Waals surface area contributed by atoms with E-state index >= 15 is 0 Å². The second kappa shape index (κ2) is 4.68. The molecular weight excluding hydrogens is 234 g/mol. The first kappa shape index (κ1) is 11.8. The maximum absolute atomic E-state index is 5.33. The number of anilines is 2. The highest BCUT2D eigenvalue weighted by Gasteiger charge is 2.22. The Morgan fingerprint density at radius 2 is 2.12 bits per heavy atom. The molecule has 4 N–H and O–H groups in total. The number of pyridine rings is 1. The zero-order valence-electron chi connectivity index (χ0n) is 9.77. The van der Waals surface area contributed by atoms with Gasteiger partial charge in [-0.25, -0.2) is 15.8 Å². The Bertz CT molecular complexity index is 480. The van der Waals surface area contributed by atoms with Crippen LogP contribution in [-0.2, 0) is 5.54 Å². The Balaban J connectivity index is 2.20. The minimum atomic E-state index is -0.221. The van der Waals surface area contributed by atoms with Gasteiger partial charge in [0.25, 0.3) is 0 Å². The van der Waals surface area contributed by atoms with Gasteiger partial charge in [-0.3, -0.25) is 0 Å². The summed E-state index contributed by atoms with van der Waals surface area (Å²) in [5.41, 5.74) is 3.25. The minimum Gasteiger partial charge on any atom is -0.374 e. The number of nitrogens with two attached hydrogens (primary N) is 1. The number of nitrogen functional groups attached to an aromatic ring is 1. The fourth-order valence-corrected chi connectivity index (χ4v) is 2.25. The van der Waals surface area contributed by atoms with Gasteiger partial charge >= 0.3 is 0 Å². The SMILES string of the molecule is CC(C)(Nc1ccnc(NN)c1)c1nccs1. The number of nitrogens with one attached hydrogen (secondary N) is 2. The zero-order valence-corrected chi connectivity index (χ0v) is 10.6. The van der Waals surface area contributed by atoms with Crippen LogP contribution in [0.5, 0.6) is 0 Å². The van der Waals surface area contributed by atoms with E-state index in [4.69, 9.17) is 5.84 Å². The van der Waals surface area contributed by atoms with Crippen molar-refractivity contribution in [1.82, 2.24) is 9.97 Å². The molecule has 2 heterocycles. The second-order valence-electron chi connectivity index (χ2n) is 4.16. The van der Waals surface area contributed by atoms with Gasteiger partial charge in [0.15, 0.2) is 0 Å². The summed E-state index contributed by atoms with van der Waals surface area (Å²) in [5, 5.41) is 6.42. The smallest absolute Gasteiger partial charge is 0.141 e. The highest BCUT2D eigenvalue weighted by atomic mass is 32.1. The average Bonchev–Trinajstić information content (AvgIpc) is 2.83. The maximum atomic E-state index is 5.33. The Labute approximate surface area is 104 Å². The molecule has 0 aliphatic carbocycles. The first-order chi connectivity index (χ1) is 8.12. The molecule has 0 saturated heterocycles. The lowest BCUT2D eigenvalue weighted by Crippen LogP contribution is -2.27. The molecule has 0 aliphatic rings. The van der Waals surface area contributed by atoms with Crippen molar-refractivity contribution in [3.05, 3.63) is 34.9 Å². The first-order valence-corrected chi connectivity index (χ1v) is 6.10. The summed E-state index contributed by atoms with van der Waals surface area (Å²) in [6.07, 6.45) is 3.51. The lowest BCUT2D eigenvalue weighted by atomic mass is 10.1. The quantitative estimate of drug-likeness (QED) is 0.572. The number of hydrogen-bond acceptors (Lipinski definition) is 6. The molecule has 0 aliphatic heterocycles. The number of aromatic nitrogens is 2. The third kappa shape index (κ3) is 2.72. The van der Waals surface area contributed by atoms with Crippen LogP contribution in [0.15, 0.2) is 29.9 Å². The molecule has 0 saturated carbocycles. The van der Waals surface area contributed by atoms with Gasteiger partial charge in [-0.1, -0.05) is 0 Å². The number of hydrogen-bond donors (Lipinski definition) is 3. The number of thiazole rings is 1. The fraction of sp³-hybridized carbons (Fsp3) is 0.273. The summed E-state index contributed by atoms with van der Waals surface area (Å²) in [6, 6.07) is 3.76. The Morgan fingerprint density at radius 3 is 2.76 bits per heavy atom. The molecule has 0 amide bonds. The van der Waals surface area contributed by atoms with Crippen molar-refractivity contribution in [2.24, 2.45) is 5.84 Å². The van der Waals surface area contributed by atoms with Gasteiger partial charge in [0, 0.05) is 29.5 Å². The molecule has 2 aromatic heterocycles. The van der Waals surface area contributed by atoms with Crippen LogP contribution >= 0.6 is 11.3 Å². The van der Waals surface area contributed by atoms with Crippen LogP contribution in [0, 0.1) is 0 Å². The molecule has 6 heteroatoms. The fourth-order valence-electron chi connectivity index (χ4n) is 1.53. The van der Waals surface area contributed by atoms with E-state index in [1.165, 1.54) is 0 Å². The van der Waals surface area contributed by atoms with Crippen LogP contribution < -0.4 is 16.6 Å². The summed E-state index contributed by atoms with van der Waals surface area (Å²) in [7, 11) is 0. The summed E-state index contributed by atoms with van der Waals surface area (Å²) in [4.78, 5) is 8.39. The van der Waals surface area contributed by atoms with Crippen molar-refractivity contribution in [3.63, 3.8) is 0 Å². The van der Waals surface area contributed by atoms with E-state index in [2.05, 4.69) is 34.6 Å². The van der Waals surface area contributed by atoms with E-state index in [0.717, 1.165) is 10.7 Å². The molecule has 17 heavy (non-hydrogen) atoms. The van der Waals surface area contributed by atoms with Crippen molar-refractivity contribution >= 4 is 22.8 Å². The minimum absolute atomic E-state index is 0.221. The molecular formula is C11H15N5S. The van der Waals surface area contributed by atoms with E-state index < -0.39 is 0 Å². The van der Waals surface area contributed by atoms with Crippen molar-refractivity contribution in [3.8, 4) is 0 Å². The number of hydrazine groups is 1. The highest BCUT2D eigenvalue weighted by Crippen LogP contribution is 2.27. The van der Waals surface area contributed by atoms with Crippen LogP contribution in [0.3, 0.4) is 0 Å². The molecule has 90 valence electrons. The normalized spacial score (nSPS) is 11.2. The Hall–Kier alpha value is -1.66. The van der Waals surface area contributed by atoms with Crippen LogP contribution in [-0.4, -0.2) is 9.97 Å². The van der Waals surface area contributed by atoms with Crippen molar-refractivity contribution in [1.29, 1.82) is 0 Å². The van der Waals surface area contributed by atoms with Gasteiger partial charge in [0.2, 0.25) is 0 Å². The summed E-state index contributed by atoms with van der Waals surface area (Å²) < 4.78 is 0. The van der Waals surface area contributed by atoms with Gasteiger partial charge < -0.3 is 10.7 Å². The third-order valence-corrected chi connectivity index (χ3v) is 3.43. The van der Waals surface area contributed by atoms with Gasteiger partial charge in [-0.2, -0.15) is 0 Å². The molecule has 0 unspecified atom stereocenters. The van der Waals surface area contributed by atoms with E-state index in [9.17, 15) is 0 Å². The van der Waals surface area contributed by atoms with Gasteiger partial charge in [0.05, 0.1) is 5.54 Å². The standard InChI is InChI=1S/C11H15N5S/c1-11(2,10-14-5-6-17-10)15-8-3-4-13-9(7-8)16-12/h3-7H,12H2,1-2H3,(H2,13,15,16). The van der Waals surface area contributed by atoms with Crippen LogP contribution in [0.1, 0.15) is 18.9 Å². The summed E-state index contributed by atoms with van der Waals surface area (Å²) in [5.74, 6) is 5.96. The first-order valence-electron chi connectivity index (χ1n) is 5.22. The van der Waals surface area contributed by atoms with Crippen molar-refractivity contribution < 1.29 is 0 Å². The van der Waals surface area contributed by atoms with Crippen molar-refractivity contribution in [2.45, 2.75) is 19.4 Å². The van der Waals surface area contributed by atoms with E-state index in [1.807, 2.05) is 23.7 Å². The van der Waals surface area contributed by atoms with Gasteiger partial charge in [-0.05, 0) is 19.9 Å². The largest absolute Gasteiger partial charge is 0.374 e. The maximum Gasteiger partial charge on any atom is 0.141 e. The molecule has 0 radical (unpaired) electrons. The van der Waals surface area contributed by atoms with Crippen LogP contribution in [0.2, 0.25) is 0 Å². The molecule has 0 spiro atoms. The summed E-state index contributed by atoms with van der Waals surface area (Å²) in [6.45, 7) is 4.17.